The van der Waals surface area contributed by atoms with Gasteiger partial charge in [-0.1, -0.05) is 30.3 Å². The number of nitro groups is 1. The summed E-state index contributed by atoms with van der Waals surface area (Å²) in [5.41, 5.74) is 1.28. The highest BCUT2D eigenvalue weighted by Crippen LogP contribution is 2.15. The van der Waals surface area contributed by atoms with E-state index in [1.807, 2.05) is 18.2 Å². The minimum absolute atomic E-state index is 0.139. The molecule has 4 nitrogen and oxygen atoms in total. The summed E-state index contributed by atoms with van der Waals surface area (Å²) >= 11 is 0. The van der Waals surface area contributed by atoms with Crippen LogP contribution in [0.2, 0.25) is 0 Å². The van der Waals surface area contributed by atoms with Gasteiger partial charge < -0.3 is 0 Å². The standard InChI is InChI=1S/C12H16N2O2/c15-14(16)12-6-8-13(9-7-12)10-11-4-2-1-3-5-11/h1-5,12H,6-10H2. The monoisotopic (exact) mass is 220 g/mol. The molecule has 86 valence electrons. The fraction of sp³-hybridized carbons (Fsp3) is 0.500. The summed E-state index contributed by atoms with van der Waals surface area (Å²) in [4.78, 5) is 12.8. The fourth-order valence-corrected chi connectivity index (χ4v) is 2.13. The van der Waals surface area contributed by atoms with E-state index in [-0.39, 0.29) is 11.0 Å². The van der Waals surface area contributed by atoms with E-state index in [1.165, 1.54) is 5.56 Å². The average Bonchev–Trinajstić information content (AvgIpc) is 2.31. The van der Waals surface area contributed by atoms with Crippen molar-refractivity contribution >= 4 is 0 Å². The zero-order chi connectivity index (χ0) is 11.4. The van der Waals surface area contributed by atoms with Crippen molar-refractivity contribution in [3.05, 3.63) is 46.0 Å². The molecular weight excluding hydrogens is 204 g/mol. The third kappa shape index (κ3) is 2.79. The molecule has 0 aliphatic carbocycles. The van der Waals surface area contributed by atoms with Gasteiger partial charge in [-0.15, -0.1) is 0 Å². The van der Waals surface area contributed by atoms with E-state index in [0.29, 0.717) is 12.8 Å². The van der Waals surface area contributed by atoms with Crippen LogP contribution in [0.25, 0.3) is 0 Å². The molecule has 0 spiro atoms. The summed E-state index contributed by atoms with van der Waals surface area (Å²) in [6.07, 6.45) is 1.36. The SMILES string of the molecule is O=[N+]([O-])C1CCN(Cc2ccccc2)CC1. The van der Waals surface area contributed by atoms with E-state index in [2.05, 4.69) is 17.0 Å². The molecule has 1 fully saturated rings. The van der Waals surface area contributed by atoms with E-state index in [9.17, 15) is 10.1 Å². The van der Waals surface area contributed by atoms with Crippen LogP contribution >= 0.6 is 0 Å². The molecule has 1 aromatic carbocycles. The molecule has 0 N–H and O–H groups in total. The van der Waals surface area contributed by atoms with Crippen molar-refractivity contribution in [2.75, 3.05) is 13.1 Å². The topological polar surface area (TPSA) is 46.4 Å². The molecule has 0 saturated carbocycles. The second kappa shape index (κ2) is 5.07. The summed E-state index contributed by atoms with van der Waals surface area (Å²) in [7, 11) is 0. The molecule has 4 heteroatoms. The molecule has 0 radical (unpaired) electrons. The number of hydrogen-bond acceptors (Lipinski definition) is 3. The minimum atomic E-state index is -0.327. The lowest BCUT2D eigenvalue weighted by Gasteiger charge is -2.28. The first kappa shape index (κ1) is 11.1. The van der Waals surface area contributed by atoms with Crippen LogP contribution in [0.4, 0.5) is 0 Å². The van der Waals surface area contributed by atoms with Crippen molar-refractivity contribution in [1.29, 1.82) is 0 Å². The van der Waals surface area contributed by atoms with Crippen LogP contribution in [-0.2, 0) is 6.54 Å². The maximum absolute atomic E-state index is 10.6. The van der Waals surface area contributed by atoms with Gasteiger partial charge in [-0.3, -0.25) is 15.0 Å². The molecule has 1 aliphatic rings. The zero-order valence-electron chi connectivity index (χ0n) is 9.21. The maximum atomic E-state index is 10.6. The molecular formula is C12H16N2O2. The highest BCUT2D eigenvalue weighted by molar-refractivity contribution is 5.14. The smallest absolute Gasteiger partial charge is 0.215 e. The van der Waals surface area contributed by atoms with E-state index in [0.717, 1.165) is 19.6 Å². The Balaban J connectivity index is 1.84. The third-order valence-electron chi connectivity index (χ3n) is 3.10. The van der Waals surface area contributed by atoms with Gasteiger partial charge in [0.15, 0.2) is 0 Å². The minimum Gasteiger partial charge on any atom is -0.299 e. The van der Waals surface area contributed by atoms with Crippen molar-refractivity contribution in [3.63, 3.8) is 0 Å². The second-order valence-corrected chi connectivity index (χ2v) is 4.28. The van der Waals surface area contributed by atoms with E-state index in [4.69, 9.17) is 0 Å². The zero-order valence-corrected chi connectivity index (χ0v) is 9.21. The second-order valence-electron chi connectivity index (χ2n) is 4.28. The third-order valence-corrected chi connectivity index (χ3v) is 3.10. The van der Waals surface area contributed by atoms with Crippen LogP contribution in [0.3, 0.4) is 0 Å². The Morgan fingerprint density at radius 1 is 1.25 bits per heavy atom. The van der Waals surface area contributed by atoms with Crippen LogP contribution in [0.5, 0.6) is 0 Å². The van der Waals surface area contributed by atoms with Gasteiger partial charge in [0, 0.05) is 37.4 Å². The first-order chi connectivity index (χ1) is 7.75. The maximum Gasteiger partial charge on any atom is 0.215 e. The van der Waals surface area contributed by atoms with Crippen LogP contribution in [0.15, 0.2) is 30.3 Å². The fourth-order valence-electron chi connectivity index (χ4n) is 2.13. The van der Waals surface area contributed by atoms with Crippen molar-refractivity contribution in [2.24, 2.45) is 0 Å². The number of benzene rings is 1. The van der Waals surface area contributed by atoms with Gasteiger partial charge in [-0.25, -0.2) is 0 Å². The largest absolute Gasteiger partial charge is 0.299 e. The summed E-state index contributed by atoms with van der Waals surface area (Å²) in [6, 6.07) is 9.92. The molecule has 1 aromatic rings. The van der Waals surface area contributed by atoms with Crippen molar-refractivity contribution in [2.45, 2.75) is 25.4 Å². The number of piperidine rings is 1. The highest BCUT2D eigenvalue weighted by atomic mass is 16.6. The van der Waals surface area contributed by atoms with Gasteiger partial charge in [0.2, 0.25) is 6.04 Å². The molecule has 2 rings (SSSR count). The van der Waals surface area contributed by atoms with Gasteiger partial charge in [0.05, 0.1) is 0 Å². The summed E-state index contributed by atoms with van der Waals surface area (Å²) in [5, 5.41) is 10.6. The lowest BCUT2D eigenvalue weighted by atomic mass is 10.1. The molecule has 0 bridgehead atoms. The summed E-state index contributed by atoms with van der Waals surface area (Å²) in [5.74, 6) is 0. The van der Waals surface area contributed by atoms with Crippen LogP contribution in [-0.4, -0.2) is 29.0 Å². The summed E-state index contributed by atoms with van der Waals surface area (Å²) in [6.45, 7) is 2.58. The number of likely N-dealkylation sites (tertiary alicyclic amines) is 1. The molecule has 0 atom stereocenters. The Labute approximate surface area is 95.0 Å². The van der Waals surface area contributed by atoms with Gasteiger partial charge >= 0.3 is 0 Å². The van der Waals surface area contributed by atoms with Gasteiger partial charge in [-0.05, 0) is 5.56 Å². The Hall–Kier alpha value is -1.42. The summed E-state index contributed by atoms with van der Waals surface area (Å²) < 4.78 is 0. The first-order valence-corrected chi connectivity index (χ1v) is 5.65. The van der Waals surface area contributed by atoms with Crippen LogP contribution in [0.1, 0.15) is 18.4 Å². The first-order valence-electron chi connectivity index (χ1n) is 5.65. The lowest BCUT2D eigenvalue weighted by molar-refractivity contribution is -0.526. The molecule has 0 amide bonds. The molecule has 16 heavy (non-hydrogen) atoms. The van der Waals surface area contributed by atoms with Crippen molar-refractivity contribution in [1.82, 2.24) is 4.90 Å². The van der Waals surface area contributed by atoms with Crippen molar-refractivity contribution < 1.29 is 4.92 Å². The van der Waals surface area contributed by atoms with Gasteiger partial charge in [0.25, 0.3) is 0 Å². The predicted octanol–water partition coefficient (Wildman–Crippen LogP) is 1.93. The van der Waals surface area contributed by atoms with Crippen molar-refractivity contribution in [3.8, 4) is 0 Å². The normalized spacial score (nSPS) is 18.5. The Morgan fingerprint density at radius 3 is 2.44 bits per heavy atom. The Bertz CT molecular complexity index is 345. The molecule has 1 heterocycles. The highest BCUT2D eigenvalue weighted by Gasteiger charge is 2.26. The molecule has 0 aromatic heterocycles. The number of nitrogens with zero attached hydrogens (tertiary/aromatic N) is 2. The molecule has 1 aliphatic heterocycles. The molecule has 1 saturated heterocycles. The van der Waals surface area contributed by atoms with Crippen LogP contribution < -0.4 is 0 Å². The van der Waals surface area contributed by atoms with Crippen LogP contribution in [0, 0.1) is 10.1 Å². The quantitative estimate of drug-likeness (QED) is 0.577. The Kier molecular flexibility index (Phi) is 3.51. The molecule has 0 unspecified atom stereocenters. The Morgan fingerprint density at radius 2 is 1.88 bits per heavy atom. The van der Waals surface area contributed by atoms with E-state index in [1.54, 1.807) is 0 Å². The predicted molar refractivity (Wildman–Crippen MR) is 61.7 cm³/mol. The number of rotatable bonds is 3. The van der Waals surface area contributed by atoms with E-state index < -0.39 is 0 Å². The lowest BCUT2D eigenvalue weighted by Crippen LogP contribution is -2.38. The van der Waals surface area contributed by atoms with E-state index >= 15 is 0 Å². The van der Waals surface area contributed by atoms with Gasteiger partial charge in [-0.2, -0.15) is 0 Å². The number of hydrogen-bond donors (Lipinski definition) is 0. The average molecular weight is 220 g/mol. The van der Waals surface area contributed by atoms with Gasteiger partial charge in [0.1, 0.15) is 0 Å².